The van der Waals surface area contributed by atoms with E-state index < -0.39 is 10.0 Å². The minimum absolute atomic E-state index is 0.270. The van der Waals surface area contributed by atoms with Crippen LogP contribution in [0.1, 0.15) is 12.5 Å². The summed E-state index contributed by atoms with van der Waals surface area (Å²) in [5, 5.41) is 9.32. The van der Waals surface area contributed by atoms with Crippen LogP contribution in [0.25, 0.3) is 0 Å². The first-order valence-electron chi connectivity index (χ1n) is 4.23. The predicted molar refractivity (Wildman–Crippen MR) is 54.9 cm³/mol. The van der Waals surface area contributed by atoms with Crippen molar-refractivity contribution >= 4 is 15.7 Å². The highest BCUT2D eigenvalue weighted by molar-refractivity contribution is 7.91. The lowest BCUT2D eigenvalue weighted by atomic mass is 10.1. The quantitative estimate of drug-likeness (QED) is 0.775. The van der Waals surface area contributed by atoms with Gasteiger partial charge in [0.2, 0.25) is 0 Å². The second-order valence-corrected chi connectivity index (χ2v) is 4.84. The van der Waals surface area contributed by atoms with Gasteiger partial charge in [0.1, 0.15) is 0 Å². The molecule has 14 heavy (non-hydrogen) atoms. The van der Waals surface area contributed by atoms with Gasteiger partial charge in [-0.25, -0.2) is 8.42 Å². The summed E-state index contributed by atoms with van der Waals surface area (Å²) in [5.41, 5.74) is 1.25. The molecule has 0 fully saturated rings. The largest absolute Gasteiger partial charge is 0.274 e. The Morgan fingerprint density at radius 1 is 1.43 bits per heavy atom. The van der Waals surface area contributed by atoms with Gasteiger partial charge in [-0.3, -0.25) is 5.21 Å². The number of benzene rings is 1. The maximum Gasteiger partial charge on any atom is 0.254 e. The van der Waals surface area contributed by atoms with Crippen molar-refractivity contribution < 1.29 is 13.6 Å². The molecule has 78 valence electrons. The van der Waals surface area contributed by atoms with Gasteiger partial charge in [-0.2, -0.15) is 0 Å². The van der Waals surface area contributed by atoms with Crippen LogP contribution in [0.4, 0.5) is 5.69 Å². The molecule has 0 bridgehead atoms. The van der Waals surface area contributed by atoms with E-state index in [9.17, 15) is 13.6 Å². The predicted octanol–water partition coefficient (Wildman–Crippen LogP) is 1.40. The van der Waals surface area contributed by atoms with Gasteiger partial charge in [0.15, 0.2) is 0 Å². The van der Waals surface area contributed by atoms with Crippen molar-refractivity contribution in [1.29, 1.82) is 0 Å². The molecule has 0 saturated carbocycles. The fourth-order valence-corrected chi connectivity index (χ4v) is 1.58. The summed E-state index contributed by atoms with van der Waals surface area (Å²) in [4.78, 5) is 0. The molecule has 0 amide bonds. The van der Waals surface area contributed by atoms with Gasteiger partial charge in [0.25, 0.3) is 10.0 Å². The minimum atomic E-state index is -3.59. The first kappa shape index (κ1) is 11.0. The Morgan fingerprint density at radius 2 is 2.07 bits per heavy atom. The van der Waals surface area contributed by atoms with Crippen LogP contribution < -0.4 is 4.47 Å². The highest BCUT2D eigenvalue weighted by atomic mass is 32.2. The number of hydrogen-bond acceptors (Lipinski definition) is 3. The smallest absolute Gasteiger partial charge is 0.254 e. The number of aryl methyl sites for hydroxylation is 1. The highest BCUT2D eigenvalue weighted by Crippen LogP contribution is 2.16. The Bertz CT molecular complexity index is 414. The zero-order valence-corrected chi connectivity index (χ0v) is 8.95. The average molecular weight is 215 g/mol. The highest BCUT2D eigenvalue weighted by Gasteiger charge is 2.13. The van der Waals surface area contributed by atoms with Crippen molar-refractivity contribution in [2.24, 2.45) is 0 Å². The SMILES string of the molecule is CCc1cccc(N(O)S(C)(=O)=O)c1. The van der Waals surface area contributed by atoms with Gasteiger partial charge >= 0.3 is 0 Å². The summed E-state index contributed by atoms with van der Waals surface area (Å²) in [5.74, 6) is 0. The van der Waals surface area contributed by atoms with E-state index >= 15 is 0 Å². The Balaban J connectivity index is 3.08. The molecule has 0 aliphatic carbocycles. The van der Waals surface area contributed by atoms with Crippen LogP contribution in [0.2, 0.25) is 0 Å². The van der Waals surface area contributed by atoms with E-state index in [2.05, 4.69) is 0 Å². The van der Waals surface area contributed by atoms with E-state index in [-0.39, 0.29) is 10.2 Å². The summed E-state index contributed by atoms with van der Waals surface area (Å²) in [6.45, 7) is 1.96. The second-order valence-electron chi connectivity index (χ2n) is 3.03. The number of sulfonamides is 1. The Labute approximate surface area is 83.8 Å². The van der Waals surface area contributed by atoms with E-state index in [4.69, 9.17) is 0 Å². The fourth-order valence-electron chi connectivity index (χ4n) is 1.09. The molecule has 0 aliphatic rings. The van der Waals surface area contributed by atoms with Crippen LogP contribution in [0, 0.1) is 0 Å². The lowest BCUT2D eigenvalue weighted by molar-refractivity contribution is 0.317. The molecule has 0 heterocycles. The van der Waals surface area contributed by atoms with Crippen LogP contribution in [-0.2, 0) is 16.4 Å². The van der Waals surface area contributed by atoms with Crippen molar-refractivity contribution in [3.8, 4) is 0 Å². The first-order chi connectivity index (χ1) is 6.45. The summed E-state index contributed by atoms with van der Waals surface area (Å²) in [6.07, 6.45) is 1.75. The number of rotatable bonds is 3. The molecule has 0 spiro atoms. The van der Waals surface area contributed by atoms with Crippen LogP contribution in [0.15, 0.2) is 24.3 Å². The van der Waals surface area contributed by atoms with Gasteiger partial charge in [-0.05, 0) is 24.1 Å². The van der Waals surface area contributed by atoms with Gasteiger partial charge in [-0.15, -0.1) is 4.47 Å². The van der Waals surface area contributed by atoms with Crippen molar-refractivity contribution in [3.05, 3.63) is 29.8 Å². The Kier molecular flexibility index (Phi) is 3.13. The summed E-state index contributed by atoms with van der Waals surface area (Å²) >= 11 is 0. The second kappa shape index (κ2) is 3.98. The van der Waals surface area contributed by atoms with Crippen LogP contribution in [0.5, 0.6) is 0 Å². The Hall–Kier alpha value is -1.07. The number of hydrogen-bond donors (Lipinski definition) is 1. The summed E-state index contributed by atoms with van der Waals surface area (Å²) in [6, 6.07) is 6.77. The van der Waals surface area contributed by atoms with Crippen LogP contribution in [-0.4, -0.2) is 19.9 Å². The van der Waals surface area contributed by atoms with E-state index in [1.807, 2.05) is 13.0 Å². The lowest BCUT2D eigenvalue weighted by Crippen LogP contribution is -2.25. The van der Waals surface area contributed by atoms with E-state index in [0.29, 0.717) is 0 Å². The van der Waals surface area contributed by atoms with Crippen molar-refractivity contribution in [2.45, 2.75) is 13.3 Å². The Morgan fingerprint density at radius 3 is 2.57 bits per heavy atom. The molecule has 0 aromatic heterocycles. The molecule has 0 saturated heterocycles. The molecule has 4 nitrogen and oxygen atoms in total. The molecule has 1 N–H and O–H groups in total. The normalized spacial score (nSPS) is 11.4. The van der Waals surface area contributed by atoms with Gasteiger partial charge in [0, 0.05) is 0 Å². The maximum atomic E-state index is 11.0. The molecule has 1 aromatic carbocycles. The summed E-state index contributed by atoms with van der Waals surface area (Å²) < 4.78 is 22.3. The summed E-state index contributed by atoms with van der Waals surface area (Å²) in [7, 11) is -3.59. The van der Waals surface area contributed by atoms with Gasteiger partial charge < -0.3 is 0 Å². The van der Waals surface area contributed by atoms with Crippen molar-refractivity contribution in [1.82, 2.24) is 0 Å². The maximum absolute atomic E-state index is 11.0. The third kappa shape index (κ3) is 2.46. The monoisotopic (exact) mass is 215 g/mol. The number of nitrogens with zero attached hydrogens (tertiary/aromatic N) is 1. The van der Waals surface area contributed by atoms with Crippen LogP contribution >= 0.6 is 0 Å². The minimum Gasteiger partial charge on any atom is -0.274 e. The molecule has 1 rings (SSSR count). The molecule has 5 heteroatoms. The average Bonchev–Trinajstić information content (AvgIpc) is 2.15. The fraction of sp³-hybridized carbons (Fsp3) is 0.333. The number of anilines is 1. The molecular formula is C9H13NO3S. The zero-order chi connectivity index (χ0) is 10.8. The van der Waals surface area contributed by atoms with E-state index in [1.54, 1.807) is 18.2 Å². The van der Waals surface area contributed by atoms with Crippen LogP contribution in [0.3, 0.4) is 0 Å². The zero-order valence-electron chi connectivity index (χ0n) is 8.14. The molecule has 0 unspecified atom stereocenters. The first-order valence-corrected chi connectivity index (χ1v) is 6.08. The molecule has 0 atom stereocenters. The standard InChI is InChI=1S/C9H13NO3S/c1-3-8-5-4-6-9(7-8)10(11)14(2,12)13/h4-7,11H,3H2,1-2H3. The van der Waals surface area contributed by atoms with Gasteiger partial charge in [0.05, 0.1) is 11.9 Å². The van der Waals surface area contributed by atoms with E-state index in [0.717, 1.165) is 18.2 Å². The molecule has 0 radical (unpaired) electrons. The van der Waals surface area contributed by atoms with E-state index in [1.165, 1.54) is 0 Å². The van der Waals surface area contributed by atoms with Crippen molar-refractivity contribution in [3.63, 3.8) is 0 Å². The topological polar surface area (TPSA) is 57.6 Å². The lowest BCUT2D eigenvalue weighted by Gasteiger charge is -2.14. The molecule has 1 aromatic rings. The third-order valence-electron chi connectivity index (χ3n) is 1.85. The third-order valence-corrected chi connectivity index (χ3v) is 2.69. The molecule has 0 aliphatic heterocycles. The van der Waals surface area contributed by atoms with Crippen molar-refractivity contribution in [2.75, 3.05) is 10.7 Å². The van der Waals surface area contributed by atoms with Gasteiger partial charge in [-0.1, -0.05) is 19.1 Å². The molecular weight excluding hydrogens is 202 g/mol.